The molecule has 0 saturated heterocycles. The number of hydrogen-bond donors (Lipinski definition) is 1. The smallest absolute Gasteiger partial charge is 0.283 e. The van der Waals surface area contributed by atoms with Crippen LogP contribution in [0.2, 0.25) is 0 Å². The number of aromatic amines is 1. The lowest BCUT2D eigenvalue weighted by molar-refractivity contribution is -0.387. The molecule has 1 atom stereocenters. The van der Waals surface area contributed by atoms with Crippen LogP contribution in [-0.2, 0) is 12.8 Å². The number of aromatic nitrogens is 2. The molecule has 1 N–H and O–H groups in total. The molecule has 0 radical (unpaired) electrons. The van der Waals surface area contributed by atoms with E-state index >= 15 is 0 Å². The van der Waals surface area contributed by atoms with E-state index in [9.17, 15) is 20.2 Å². The number of aliphatic imine (C=N–C) groups is 1. The second kappa shape index (κ2) is 9.76. The summed E-state index contributed by atoms with van der Waals surface area (Å²) in [4.78, 5) is 35.9. The Hall–Kier alpha value is -3.29. The van der Waals surface area contributed by atoms with Gasteiger partial charge in [-0.1, -0.05) is 26.8 Å². The molecule has 0 fully saturated rings. The molecule has 0 unspecified atom stereocenters. The zero-order valence-corrected chi connectivity index (χ0v) is 21.5. The summed E-state index contributed by atoms with van der Waals surface area (Å²) in [5.74, 6) is 0.558. The highest BCUT2D eigenvalue weighted by Gasteiger charge is 2.32. The molecule has 10 heteroatoms. The Bertz CT molecular complexity index is 1430. The number of nitrogens with one attached hydrogen (secondary N) is 1. The molecule has 0 aliphatic heterocycles. The number of hydrogen-bond acceptors (Lipinski definition) is 8. The number of aryl methyl sites for hydroxylation is 1. The third kappa shape index (κ3) is 5.52. The van der Waals surface area contributed by atoms with E-state index in [-0.39, 0.29) is 21.8 Å². The number of nitro benzene ring substituents is 1. The summed E-state index contributed by atoms with van der Waals surface area (Å²) in [6.45, 7) is 8.45. The van der Waals surface area contributed by atoms with Crippen LogP contribution in [0.5, 0.6) is 0 Å². The molecule has 1 aliphatic rings. The summed E-state index contributed by atoms with van der Waals surface area (Å²) in [5.41, 5.74) is 2.58. The average Bonchev–Trinajstić information content (AvgIpc) is 3.13. The van der Waals surface area contributed by atoms with Crippen LogP contribution in [-0.4, -0.2) is 21.1 Å². The number of H-pyrrole nitrogens is 1. The molecule has 2 heterocycles. The molecular weight excluding hydrogens is 482 g/mol. The number of nitriles is 1. The molecule has 180 valence electrons. The van der Waals surface area contributed by atoms with Crippen molar-refractivity contribution in [3.63, 3.8) is 0 Å². The fraction of sp³-hybridized carbons (Fsp3) is 0.360. The number of rotatable bonds is 5. The first kappa shape index (κ1) is 24.8. The minimum atomic E-state index is -0.467. The van der Waals surface area contributed by atoms with Gasteiger partial charge in [0.2, 0.25) is 0 Å². The molecule has 35 heavy (non-hydrogen) atoms. The molecule has 3 aromatic rings. The summed E-state index contributed by atoms with van der Waals surface area (Å²) >= 11 is 2.57. The Morgan fingerprint density at radius 3 is 2.80 bits per heavy atom. The maximum Gasteiger partial charge on any atom is 0.283 e. The van der Waals surface area contributed by atoms with Crippen molar-refractivity contribution in [2.24, 2.45) is 16.3 Å². The van der Waals surface area contributed by atoms with E-state index in [1.807, 2.05) is 0 Å². The van der Waals surface area contributed by atoms with Crippen LogP contribution in [0.25, 0.3) is 0 Å². The van der Waals surface area contributed by atoms with Crippen molar-refractivity contribution in [3.05, 3.63) is 72.0 Å². The fourth-order valence-corrected chi connectivity index (χ4v) is 6.34. The summed E-state index contributed by atoms with van der Waals surface area (Å²) in [7, 11) is 0. The SMILES string of the molecule is Cc1cc(=O)[nH]c(Sc2ccc(C=Nc3sc4c(c3C#N)CC[C@@H](C(C)(C)C)C4)cc2[N+](=O)[O-])n1. The molecule has 1 aliphatic carbocycles. The number of nitrogens with zero attached hydrogens (tertiary/aromatic N) is 4. The van der Waals surface area contributed by atoms with Gasteiger partial charge in [0.25, 0.3) is 11.2 Å². The number of fused-ring (bicyclic) bond motifs is 1. The number of nitro groups is 1. The highest BCUT2D eigenvalue weighted by molar-refractivity contribution is 7.99. The van der Waals surface area contributed by atoms with Crippen LogP contribution in [0.1, 0.15) is 54.5 Å². The fourth-order valence-electron chi connectivity index (χ4n) is 4.20. The Morgan fingerprint density at radius 1 is 1.37 bits per heavy atom. The Balaban J connectivity index is 1.62. The second-order valence-electron chi connectivity index (χ2n) is 9.64. The third-order valence-electron chi connectivity index (χ3n) is 6.15. The van der Waals surface area contributed by atoms with Crippen molar-refractivity contribution in [3.8, 4) is 6.07 Å². The van der Waals surface area contributed by atoms with Crippen LogP contribution in [0.3, 0.4) is 0 Å². The zero-order chi connectivity index (χ0) is 25.3. The van der Waals surface area contributed by atoms with Gasteiger partial charge in [-0.3, -0.25) is 14.9 Å². The molecule has 1 aromatic carbocycles. The first-order valence-corrected chi connectivity index (χ1v) is 12.8. The summed E-state index contributed by atoms with van der Waals surface area (Å²) in [5, 5.41) is 22.4. The molecule has 8 nitrogen and oxygen atoms in total. The van der Waals surface area contributed by atoms with Crippen LogP contribution in [0.4, 0.5) is 10.7 Å². The van der Waals surface area contributed by atoms with Gasteiger partial charge < -0.3 is 4.98 Å². The monoisotopic (exact) mass is 507 g/mol. The van der Waals surface area contributed by atoms with Crippen molar-refractivity contribution >= 4 is 40.0 Å². The van der Waals surface area contributed by atoms with E-state index < -0.39 is 4.92 Å². The minimum Gasteiger partial charge on any atom is -0.301 e. The summed E-state index contributed by atoms with van der Waals surface area (Å²) in [6, 6.07) is 8.46. The lowest BCUT2D eigenvalue weighted by Gasteiger charge is -2.33. The first-order chi connectivity index (χ1) is 16.5. The van der Waals surface area contributed by atoms with Crippen molar-refractivity contribution in [2.75, 3.05) is 0 Å². The van der Waals surface area contributed by atoms with Gasteiger partial charge in [-0.2, -0.15) is 5.26 Å². The number of benzene rings is 1. The molecule has 2 aromatic heterocycles. The van der Waals surface area contributed by atoms with E-state index in [1.165, 1.54) is 17.0 Å². The van der Waals surface area contributed by atoms with Crippen LogP contribution < -0.4 is 5.56 Å². The van der Waals surface area contributed by atoms with Crippen LogP contribution in [0.15, 0.2) is 44.1 Å². The van der Waals surface area contributed by atoms with Gasteiger partial charge in [0.05, 0.1) is 15.4 Å². The lowest BCUT2D eigenvalue weighted by atomic mass is 9.72. The third-order valence-corrected chi connectivity index (χ3v) is 8.26. The summed E-state index contributed by atoms with van der Waals surface area (Å²) in [6.07, 6.45) is 4.43. The van der Waals surface area contributed by atoms with Gasteiger partial charge >= 0.3 is 0 Å². The lowest BCUT2D eigenvalue weighted by Crippen LogP contribution is -2.26. The second-order valence-corrected chi connectivity index (χ2v) is 11.8. The van der Waals surface area contributed by atoms with E-state index in [2.05, 4.69) is 41.8 Å². The summed E-state index contributed by atoms with van der Waals surface area (Å²) < 4.78 is 0. The van der Waals surface area contributed by atoms with E-state index in [0.29, 0.717) is 32.6 Å². The topological polar surface area (TPSA) is 125 Å². The predicted octanol–water partition coefficient (Wildman–Crippen LogP) is 5.97. The van der Waals surface area contributed by atoms with Crippen molar-refractivity contribution < 1.29 is 4.92 Å². The molecule has 0 saturated carbocycles. The molecular formula is C25H25N5O3S2. The van der Waals surface area contributed by atoms with Crippen molar-refractivity contribution in [1.29, 1.82) is 5.26 Å². The average molecular weight is 508 g/mol. The molecule has 0 bridgehead atoms. The largest absolute Gasteiger partial charge is 0.301 e. The van der Waals surface area contributed by atoms with Crippen LogP contribution in [0, 0.1) is 39.7 Å². The van der Waals surface area contributed by atoms with Gasteiger partial charge in [0.1, 0.15) is 11.1 Å². The maximum atomic E-state index is 11.7. The first-order valence-electron chi connectivity index (χ1n) is 11.2. The molecule has 0 amide bonds. The van der Waals surface area contributed by atoms with E-state index in [0.717, 1.165) is 36.6 Å². The van der Waals surface area contributed by atoms with Gasteiger partial charge in [-0.25, -0.2) is 9.98 Å². The Morgan fingerprint density at radius 2 is 2.14 bits per heavy atom. The van der Waals surface area contributed by atoms with Gasteiger partial charge in [-0.05, 0) is 66.5 Å². The predicted molar refractivity (Wildman–Crippen MR) is 138 cm³/mol. The van der Waals surface area contributed by atoms with Gasteiger partial charge in [-0.15, -0.1) is 11.3 Å². The quantitative estimate of drug-likeness (QED) is 0.196. The van der Waals surface area contributed by atoms with Crippen molar-refractivity contribution in [2.45, 2.75) is 57.0 Å². The zero-order valence-electron chi connectivity index (χ0n) is 19.9. The highest BCUT2D eigenvalue weighted by Crippen LogP contribution is 2.45. The van der Waals surface area contributed by atoms with Gasteiger partial charge in [0.15, 0.2) is 5.16 Å². The maximum absolute atomic E-state index is 11.7. The number of thiophene rings is 1. The van der Waals surface area contributed by atoms with Crippen LogP contribution >= 0.6 is 23.1 Å². The normalized spacial score (nSPS) is 15.7. The standard InChI is InChI=1S/C25H25N5O3S2/c1-14-9-22(31)29-24(28-14)35-20-8-5-15(10-19(20)30(32)33)13-27-23-18(12-26)17-7-6-16(25(2,3)4)11-21(17)34-23/h5,8-10,13,16H,6-7,11H2,1-4H3,(H,28,29,31)/t16-/m1/s1. The Kier molecular flexibility index (Phi) is 6.92. The minimum absolute atomic E-state index is 0.109. The van der Waals surface area contributed by atoms with E-state index in [4.69, 9.17) is 0 Å². The molecule has 0 spiro atoms. The molecule has 4 rings (SSSR count). The highest BCUT2D eigenvalue weighted by atomic mass is 32.2. The van der Waals surface area contributed by atoms with E-state index in [1.54, 1.807) is 36.6 Å². The van der Waals surface area contributed by atoms with Gasteiger partial charge in [0, 0.05) is 28.9 Å². The Labute approximate surface area is 211 Å². The van der Waals surface area contributed by atoms with Crippen molar-refractivity contribution in [1.82, 2.24) is 9.97 Å².